The van der Waals surface area contributed by atoms with Gasteiger partial charge in [-0.3, -0.25) is 4.99 Å². The minimum atomic E-state index is 0.973. The molecule has 0 radical (unpaired) electrons. The fourth-order valence-electron chi connectivity index (χ4n) is 1.21. The predicted molar refractivity (Wildman–Crippen MR) is 67.8 cm³/mol. The molecule has 0 saturated heterocycles. The van der Waals surface area contributed by atoms with Gasteiger partial charge in [-0.2, -0.15) is 0 Å². The van der Waals surface area contributed by atoms with Gasteiger partial charge in [-0.25, -0.2) is 0 Å². The zero-order valence-corrected chi connectivity index (χ0v) is 9.68. The van der Waals surface area contributed by atoms with Gasteiger partial charge in [0, 0.05) is 10.7 Å². The maximum atomic E-state index is 4.37. The number of rotatable bonds is 2. The molecule has 0 N–H and O–H groups in total. The van der Waals surface area contributed by atoms with E-state index in [1.54, 1.807) is 0 Å². The van der Waals surface area contributed by atoms with Crippen LogP contribution in [0.4, 0.5) is 5.69 Å². The van der Waals surface area contributed by atoms with Crippen molar-refractivity contribution < 1.29 is 0 Å². The van der Waals surface area contributed by atoms with E-state index in [4.69, 9.17) is 0 Å². The van der Waals surface area contributed by atoms with E-state index >= 15 is 0 Å². The first-order valence-electron chi connectivity index (χ1n) is 4.69. The van der Waals surface area contributed by atoms with Gasteiger partial charge in [-0.15, -0.1) is 0 Å². The molecule has 0 unspecified atom stereocenters. The summed E-state index contributed by atoms with van der Waals surface area (Å²) in [4.78, 5) is 4.37. The van der Waals surface area contributed by atoms with Crippen LogP contribution in [0.25, 0.3) is 0 Å². The van der Waals surface area contributed by atoms with Crippen molar-refractivity contribution in [1.82, 2.24) is 0 Å². The molecule has 2 heteroatoms. The Bertz CT molecular complexity index is 446. The minimum Gasteiger partial charge on any atom is -0.256 e. The number of nitrogens with zero attached hydrogens (tertiary/aromatic N) is 1. The second kappa shape index (κ2) is 4.89. The van der Waals surface area contributed by atoms with Crippen molar-refractivity contribution in [2.75, 3.05) is 0 Å². The molecule has 0 aliphatic rings. The Hall–Kier alpha value is -1.41. The van der Waals surface area contributed by atoms with Crippen molar-refractivity contribution in [3.8, 4) is 0 Å². The summed E-state index contributed by atoms with van der Waals surface area (Å²) in [7, 11) is 0. The Morgan fingerprint density at radius 2 is 1.53 bits per heavy atom. The van der Waals surface area contributed by atoms with Crippen molar-refractivity contribution in [3.05, 3.63) is 64.6 Å². The summed E-state index contributed by atoms with van der Waals surface area (Å²) in [5.41, 5.74) is 2.07. The molecule has 0 aliphatic carbocycles. The molecule has 15 heavy (non-hydrogen) atoms. The molecular formula is C13H10BrN. The number of benzene rings is 2. The van der Waals surface area contributed by atoms with Gasteiger partial charge in [0.25, 0.3) is 0 Å². The molecule has 0 heterocycles. The van der Waals surface area contributed by atoms with E-state index in [0.717, 1.165) is 15.7 Å². The monoisotopic (exact) mass is 259 g/mol. The molecule has 0 aromatic heterocycles. The van der Waals surface area contributed by atoms with Crippen LogP contribution in [0.2, 0.25) is 0 Å². The molecule has 0 fully saturated rings. The Morgan fingerprint density at radius 3 is 2.20 bits per heavy atom. The first-order valence-corrected chi connectivity index (χ1v) is 5.48. The van der Waals surface area contributed by atoms with Crippen LogP contribution in [-0.2, 0) is 0 Å². The van der Waals surface area contributed by atoms with Gasteiger partial charge in [0.1, 0.15) is 0 Å². The third-order valence-corrected chi connectivity index (χ3v) is 2.52. The first kappa shape index (κ1) is 10.1. The van der Waals surface area contributed by atoms with Gasteiger partial charge in [-0.05, 0) is 29.8 Å². The van der Waals surface area contributed by atoms with Crippen molar-refractivity contribution in [3.63, 3.8) is 0 Å². The number of hydrogen-bond acceptors (Lipinski definition) is 1. The quantitative estimate of drug-likeness (QED) is 0.717. The molecule has 0 bridgehead atoms. The highest BCUT2D eigenvalue weighted by Gasteiger charge is 1.88. The molecule has 2 aromatic rings. The van der Waals surface area contributed by atoms with Gasteiger partial charge in [0.15, 0.2) is 0 Å². The van der Waals surface area contributed by atoms with Gasteiger partial charge in [0.2, 0.25) is 0 Å². The first-order chi connectivity index (χ1) is 7.34. The Morgan fingerprint density at radius 1 is 0.867 bits per heavy atom. The average Bonchev–Trinajstić information content (AvgIpc) is 2.30. The lowest BCUT2D eigenvalue weighted by Crippen LogP contribution is -1.78. The largest absolute Gasteiger partial charge is 0.256 e. The third kappa shape index (κ3) is 3.03. The van der Waals surface area contributed by atoms with Crippen molar-refractivity contribution >= 4 is 27.8 Å². The molecule has 0 spiro atoms. The van der Waals surface area contributed by atoms with Gasteiger partial charge >= 0.3 is 0 Å². The summed E-state index contributed by atoms with van der Waals surface area (Å²) in [6, 6.07) is 18.0. The smallest absolute Gasteiger partial charge is 0.0629 e. The third-order valence-electron chi connectivity index (χ3n) is 1.99. The lowest BCUT2D eigenvalue weighted by Gasteiger charge is -1.94. The zero-order chi connectivity index (χ0) is 10.5. The number of halogens is 1. The molecular weight excluding hydrogens is 250 g/mol. The van der Waals surface area contributed by atoms with Crippen molar-refractivity contribution in [2.45, 2.75) is 0 Å². The van der Waals surface area contributed by atoms with Crippen LogP contribution in [0.3, 0.4) is 0 Å². The molecule has 2 rings (SSSR count). The van der Waals surface area contributed by atoms with Crippen LogP contribution >= 0.6 is 15.9 Å². The highest BCUT2D eigenvalue weighted by molar-refractivity contribution is 9.10. The van der Waals surface area contributed by atoms with E-state index in [0.29, 0.717) is 0 Å². The van der Waals surface area contributed by atoms with Crippen LogP contribution in [0.15, 0.2) is 64.1 Å². The second-order valence-corrected chi connectivity index (χ2v) is 4.06. The Labute approximate surface area is 97.6 Å². The van der Waals surface area contributed by atoms with Crippen LogP contribution in [0.1, 0.15) is 5.56 Å². The van der Waals surface area contributed by atoms with E-state index in [9.17, 15) is 0 Å². The predicted octanol–water partition coefficient (Wildman–Crippen LogP) is 4.20. The summed E-state index contributed by atoms with van der Waals surface area (Å²) in [5.74, 6) is 0. The summed E-state index contributed by atoms with van der Waals surface area (Å²) in [5, 5.41) is 0. The topological polar surface area (TPSA) is 12.4 Å². The number of hydrogen-bond donors (Lipinski definition) is 0. The average molecular weight is 260 g/mol. The van der Waals surface area contributed by atoms with Crippen LogP contribution in [0.5, 0.6) is 0 Å². The van der Waals surface area contributed by atoms with E-state index in [2.05, 4.69) is 20.9 Å². The zero-order valence-electron chi connectivity index (χ0n) is 8.10. The maximum absolute atomic E-state index is 4.37. The normalized spacial score (nSPS) is 10.7. The molecule has 0 amide bonds. The van der Waals surface area contributed by atoms with Crippen molar-refractivity contribution in [2.24, 2.45) is 4.99 Å². The Kier molecular flexibility index (Phi) is 3.30. The fourth-order valence-corrected chi connectivity index (χ4v) is 1.48. The lowest BCUT2D eigenvalue weighted by molar-refractivity contribution is 1.52. The SMILES string of the molecule is Brc1ccc(/C=N/c2ccccc2)cc1. The highest BCUT2D eigenvalue weighted by atomic mass is 79.9. The van der Waals surface area contributed by atoms with E-state index < -0.39 is 0 Å². The maximum Gasteiger partial charge on any atom is 0.0629 e. The summed E-state index contributed by atoms with van der Waals surface area (Å²) in [6.07, 6.45) is 1.86. The summed E-state index contributed by atoms with van der Waals surface area (Å²) in [6.45, 7) is 0. The van der Waals surface area contributed by atoms with Gasteiger partial charge in [-0.1, -0.05) is 46.3 Å². The molecule has 0 atom stereocenters. The number of para-hydroxylation sites is 1. The molecule has 0 saturated carbocycles. The Balaban J connectivity index is 2.15. The molecule has 1 nitrogen and oxygen atoms in total. The molecule has 0 aliphatic heterocycles. The van der Waals surface area contributed by atoms with Gasteiger partial charge in [0.05, 0.1) is 5.69 Å². The minimum absolute atomic E-state index is 0.973. The molecule has 74 valence electrons. The summed E-state index contributed by atoms with van der Waals surface area (Å²) >= 11 is 3.40. The fraction of sp³-hybridized carbons (Fsp3) is 0. The number of aliphatic imine (C=N–C) groups is 1. The standard InChI is InChI=1S/C13H10BrN/c14-12-8-6-11(7-9-12)10-15-13-4-2-1-3-5-13/h1-10H/b15-10+. The van der Waals surface area contributed by atoms with Crippen molar-refractivity contribution in [1.29, 1.82) is 0 Å². The van der Waals surface area contributed by atoms with Crippen LogP contribution in [-0.4, -0.2) is 6.21 Å². The van der Waals surface area contributed by atoms with Crippen LogP contribution < -0.4 is 0 Å². The van der Waals surface area contributed by atoms with Gasteiger partial charge < -0.3 is 0 Å². The van der Waals surface area contributed by atoms with E-state index in [1.165, 1.54) is 0 Å². The second-order valence-electron chi connectivity index (χ2n) is 3.15. The van der Waals surface area contributed by atoms with Crippen LogP contribution in [0, 0.1) is 0 Å². The van der Waals surface area contributed by atoms with E-state index in [1.807, 2.05) is 60.8 Å². The van der Waals surface area contributed by atoms with E-state index in [-0.39, 0.29) is 0 Å². The highest BCUT2D eigenvalue weighted by Crippen LogP contribution is 2.12. The lowest BCUT2D eigenvalue weighted by atomic mass is 10.2. The summed E-state index contributed by atoms with van der Waals surface area (Å²) < 4.78 is 1.08. The molecule has 2 aromatic carbocycles.